The second-order valence-corrected chi connectivity index (χ2v) is 9.24. The number of aromatic nitrogens is 4. The van der Waals surface area contributed by atoms with Crippen LogP contribution >= 0.6 is 11.6 Å². The summed E-state index contributed by atoms with van der Waals surface area (Å²) in [6.07, 6.45) is 7.93. The van der Waals surface area contributed by atoms with Crippen molar-refractivity contribution in [3.05, 3.63) is 53.3 Å². The van der Waals surface area contributed by atoms with Gasteiger partial charge in [-0.05, 0) is 55.5 Å². The average Bonchev–Trinajstić information content (AvgIpc) is 3.48. The molecule has 5 rings (SSSR count). The van der Waals surface area contributed by atoms with Crippen molar-refractivity contribution in [2.75, 3.05) is 24.5 Å². The first-order valence-electron chi connectivity index (χ1n) is 11.1. The van der Waals surface area contributed by atoms with Crippen molar-refractivity contribution in [3.63, 3.8) is 0 Å². The molecule has 2 aliphatic rings. The number of benzene rings is 1. The molecule has 1 amide bonds. The minimum absolute atomic E-state index is 0.0408. The Morgan fingerprint density at radius 3 is 2.58 bits per heavy atom. The Balaban J connectivity index is 1.19. The van der Waals surface area contributed by atoms with Gasteiger partial charge in [0.2, 0.25) is 5.91 Å². The zero-order valence-corrected chi connectivity index (χ0v) is 18.3. The number of carbonyl (C=O) groups excluding carboxylic acids is 1. The molecule has 1 saturated heterocycles. The zero-order chi connectivity index (χ0) is 21.3. The molecule has 31 heavy (non-hydrogen) atoms. The molecule has 0 bridgehead atoms. The maximum absolute atomic E-state index is 13.0. The fourth-order valence-corrected chi connectivity index (χ4v) is 5.21. The van der Waals surface area contributed by atoms with Crippen LogP contribution in [-0.2, 0) is 10.2 Å². The first kappa shape index (κ1) is 20.2. The Morgan fingerprint density at radius 2 is 1.84 bits per heavy atom. The summed E-state index contributed by atoms with van der Waals surface area (Å²) in [5.41, 5.74) is 2.07. The number of halogens is 1. The summed E-state index contributed by atoms with van der Waals surface area (Å²) < 4.78 is 1.69. The van der Waals surface area contributed by atoms with Crippen LogP contribution in [0.1, 0.15) is 44.1 Å². The molecule has 0 spiro atoms. The van der Waals surface area contributed by atoms with Gasteiger partial charge in [0.1, 0.15) is 12.1 Å². The van der Waals surface area contributed by atoms with E-state index >= 15 is 0 Å². The van der Waals surface area contributed by atoms with E-state index in [1.54, 1.807) is 10.8 Å². The summed E-state index contributed by atoms with van der Waals surface area (Å²) in [5, 5.41) is 16.5. The normalized spacial score (nSPS) is 19.1. The number of hydrogen-bond donors (Lipinski definition) is 1. The van der Waals surface area contributed by atoms with Crippen molar-refractivity contribution < 1.29 is 4.79 Å². The quantitative estimate of drug-likeness (QED) is 0.658. The standard InChI is InChI=1S/C23H27ClN6O/c24-19-5-3-18(4-6-19)23(11-1-2-12-23)15-25-22(31)17-9-13-29(14-10-17)21-8-7-20-27-26-16-30(20)28-21/h3-8,16-17H,1-2,9-15H2,(H,25,31). The van der Waals surface area contributed by atoms with Gasteiger partial charge in [-0.1, -0.05) is 36.6 Å². The highest BCUT2D eigenvalue weighted by Crippen LogP contribution is 2.41. The largest absolute Gasteiger partial charge is 0.355 e. The molecule has 0 radical (unpaired) electrons. The highest BCUT2D eigenvalue weighted by atomic mass is 35.5. The van der Waals surface area contributed by atoms with Gasteiger partial charge in [-0.15, -0.1) is 15.3 Å². The predicted octanol–water partition coefficient (Wildman–Crippen LogP) is 3.62. The van der Waals surface area contributed by atoms with Gasteiger partial charge < -0.3 is 10.2 Å². The number of nitrogens with zero attached hydrogens (tertiary/aromatic N) is 5. The van der Waals surface area contributed by atoms with Crippen molar-refractivity contribution in [2.24, 2.45) is 5.92 Å². The van der Waals surface area contributed by atoms with Crippen molar-refractivity contribution in [3.8, 4) is 0 Å². The second-order valence-electron chi connectivity index (χ2n) is 8.80. The number of piperidine rings is 1. The summed E-state index contributed by atoms with van der Waals surface area (Å²) in [6.45, 7) is 2.35. The van der Waals surface area contributed by atoms with Crippen LogP contribution in [0.3, 0.4) is 0 Å². The molecule has 8 heteroatoms. The fraction of sp³-hybridized carbons (Fsp3) is 0.478. The Labute approximate surface area is 186 Å². The van der Waals surface area contributed by atoms with E-state index in [9.17, 15) is 4.79 Å². The van der Waals surface area contributed by atoms with Crippen LogP contribution in [0.4, 0.5) is 5.82 Å². The Kier molecular flexibility index (Phi) is 5.52. The minimum Gasteiger partial charge on any atom is -0.355 e. The predicted molar refractivity (Wildman–Crippen MR) is 120 cm³/mol. The number of fused-ring (bicyclic) bond motifs is 1. The topological polar surface area (TPSA) is 75.4 Å². The molecular formula is C23H27ClN6O. The number of anilines is 1. The van der Waals surface area contributed by atoms with Crippen LogP contribution in [-0.4, -0.2) is 45.4 Å². The van der Waals surface area contributed by atoms with Gasteiger partial charge in [-0.3, -0.25) is 4.79 Å². The van der Waals surface area contributed by atoms with Gasteiger partial charge >= 0.3 is 0 Å². The molecule has 1 saturated carbocycles. The summed E-state index contributed by atoms with van der Waals surface area (Å²) in [7, 11) is 0. The van der Waals surface area contributed by atoms with Gasteiger partial charge in [-0.25, -0.2) is 0 Å². The van der Waals surface area contributed by atoms with E-state index in [2.05, 4.69) is 37.6 Å². The van der Waals surface area contributed by atoms with E-state index in [0.717, 1.165) is 55.3 Å². The summed E-state index contributed by atoms with van der Waals surface area (Å²) in [6, 6.07) is 12.1. The molecule has 3 aromatic rings. The molecule has 2 fully saturated rings. The molecule has 1 aliphatic carbocycles. The van der Waals surface area contributed by atoms with Gasteiger partial charge in [0.05, 0.1) is 0 Å². The molecular weight excluding hydrogens is 412 g/mol. The Bertz CT molecular complexity index is 1050. The maximum atomic E-state index is 13.0. The van der Waals surface area contributed by atoms with Crippen LogP contribution in [0.15, 0.2) is 42.7 Å². The van der Waals surface area contributed by atoms with E-state index < -0.39 is 0 Å². The Morgan fingerprint density at radius 1 is 1.10 bits per heavy atom. The van der Waals surface area contributed by atoms with Crippen molar-refractivity contribution in [2.45, 2.75) is 43.9 Å². The van der Waals surface area contributed by atoms with Crippen LogP contribution in [0.2, 0.25) is 5.02 Å². The van der Waals surface area contributed by atoms with Crippen LogP contribution in [0.25, 0.3) is 5.65 Å². The first-order chi connectivity index (χ1) is 15.1. The number of carbonyl (C=O) groups is 1. The summed E-state index contributed by atoms with van der Waals surface area (Å²) >= 11 is 6.09. The van der Waals surface area contributed by atoms with Gasteiger partial charge in [0.15, 0.2) is 5.65 Å². The molecule has 162 valence electrons. The lowest BCUT2D eigenvalue weighted by atomic mass is 9.78. The van der Waals surface area contributed by atoms with E-state index in [4.69, 9.17) is 11.6 Å². The second kappa shape index (κ2) is 8.46. The maximum Gasteiger partial charge on any atom is 0.223 e. The first-order valence-corrected chi connectivity index (χ1v) is 11.5. The lowest BCUT2D eigenvalue weighted by molar-refractivity contribution is -0.125. The molecule has 0 unspecified atom stereocenters. The summed E-state index contributed by atoms with van der Waals surface area (Å²) in [4.78, 5) is 15.2. The number of amides is 1. The van der Waals surface area contributed by atoms with E-state index in [0.29, 0.717) is 6.54 Å². The van der Waals surface area contributed by atoms with E-state index in [-0.39, 0.29) is 17.2 Å². The van der Waals surface area contributed by atoms with E-state index in [1.165, 1.54) is 18.4 Å². The van der Waals surface area contributed by atoms with Crippen molar-refractivity contribution in [1.29, 1.82) is 0 Å². The average molecular weight is 439 g/mol. The zero-order valence-electron chi connectivity index (χ0n) is 17.5. The highest BCUT2D eigenvalue weighted by molar-refractivity contribution is 6.30. The lowest BCUT2D eigenvalue weighted by Gasteiger charge is -2.34. The van der Waals surface area contributed by atoms with Gasteiger partial charge in [-0.2, -0.15) is 4.52 Å². The molecule has 1 aromatic carbocycles. The van der Waals surface area contributed by atoms with Crippen LogP contribution in [0.5, 0.6) is 0 Å². The number of hydrogen-bond acceptors (Lipinski definition) is 5. The monoisotopic (exact) mass is 438 g/mol. The highest BCUT2D eigenvalue weighted by Gasteiger charge is 2.36. The minimum atomic E-state index is 0.0408. The lowest BCUT2D eigenvalue weighted by Crippen LogP contribution is -2.45. The third-order valence-corrected chi connectivity index (χ3v) is 7.21. The molecule has 7 nitrogen and oxygen atoms in total. The third kappa shape index (κ3) is 4.11. The van der Waals surface area contributed by atoms with Gasteiger partial charge in [0, 0.05) is 36.0 Å². The molecule has 2 aromatic heterocycles. The molecule has 3 heterocycles. The SMILES string of the molecule is O=C(NCC1(c2ccc(Cl)cc2)CCCC1)C1CCN(c2ccc3nncn3n2)CC1. The van der Waals surface area contributed by atoms with Crippen LogP contribution in [0, 0.1) is 5.92 Å². The molecule has 0 atom stereocenters. The van der Waals surface area contributed by atoms with E-state index in [1.807, 2.05) is 24.3 Å². The third-order valence-electron chi connectivity index (χ3n) is 6.96. The number of rotatable bonds is 5. The van der Waals surface area contributed by atoms with Crippen LogP contribution < -0.4 is 10.2 Å². The molecule has 1 N–H and O–H groups in total. The Hall–Kier alpha value is -2.67. The number of nitrogens with one attached hydrogen (secondary N) is 1. The molecule has 1 aliphatic heterocycles. The summed E-state index contributed by atoms with van der Waals surface area (Å²) in [5.74, 6) is 1.14. The van der Waals surface area contributed by atoms with Crippen molar-refractivity contribution in [1.82, 2.24) is 25.1 Å². The van der Waals surface area contributed by atoms with Crippen molar-refractivity contribution >= 4 is 29.0 Å². The van der Waals surface area contributed by atoms with Gasteiger partial charge in [0.25, 0.3) is 0 Å². The fourth-order valence-electron chi connectivity index (χ4n) is 5.08. The smallest absolute Gasteiger partial charge is 0.223 e.